The fourth-order valence-corrected chi connectivity index (χ4v) is 2.62. The molecule has 0 heterocycles. The Bertz CT molecular complexity index is 676. The van der Waals surface area contributed by atoms with Crippen LogP contribution in [0.15, 0.2) is 18.2 Å². The van der Waals surface area contributed by atoms with Crippen molar-refractivity contribution in [2.75, 3.05) is 13.2 Å². The van der Waals surface area contributed by atoms with Gasteiger partial charge in [-0.25, -0.2) is 0 Å². The van der Waals surface area contributed by atoms with Gasteiger partial charge in [-0.15, -0.1) is 0 Å². The number of esters is 1. The monoisotopic (exact) mass is 407 g/mol. The summed E-state index contributed by atoms with van der Waals surface area (Å²) in [7, 11) is 0. The molecule has 0 radical (unpaired) electrons. The van der Waals surface area contributed by atoms with Gasteiger partial charge in [0.2, 0.25) is 0 Å². The van der Waals surface area contributed by atoms with E-state index in [-0.39, 0.29) is 24.6 Å². The Hall–Kier alpha value is -2.24. The highest BCUT2D eigenvalue weighted by atomic mass is 16.5. The Morgan fingerprint density at radius 1 is 1.03 bits per heavy atom. The normalized spacial score (nSPS) is 11.5. The number of benzene rings is 1. The number of ether oxygens (including phenoxy) is 3. The van der Waals surface area contributed by atoms with Gasteiger partial charge < -0.3 is 19.1 Å². The first kappa shape index (κ1) is 24.8. The van der Waals surface area contributed by atoms with Gasteiger partial charge in [-0.1, -0.05) is 13.3 Å². The van der Waals surface area contributed by atoms with E-state index in [1.807, 2.05) is 55.4 Å². The van der Waals surface area contributed by atoms with Gasteiger partial charge in [-0.05, 0) is 67.0 Å². The average molecular weight is 408 g/mol. The lowest BCUT2D eigenvalue weighted by molar-refractivity contribution is -0.144. The number of carbonyl (C=O) groups excluding carboxylic acids is 2. The van der Waals surface area contributed by atoms with E-state index in [1.165, 1.54) is 4.90 Å². The third kappa shape index (κ3) is 9.20. The average Bonchev–Trinajstić information content (AvgIpc) is 2.56. The van der Waals surface area contributed by atoms with E-state index in [0.717, 1.165) is 12.8 Å². The van der Waals surface area contributed by atoms with Crippen LogP contribution in [0.5, 0.6) is 11.5 Å². The molecule has 0 saturated carbocycles. The molecular weight excluding hydrogens is 370 g/mol. The largest absolute Gasteiger partial charge is 0.491 e. The molecule has 0 aliphatic heterocycles. The highest BCUT2D eigenvalue weighted by Crippen LogP contribution is 2.28. The molecule has 0 N–H and O–H groups in total. The predicted molar refractivity (Wildman–Crippen MR) is 115 cm³/mol. The molecule has 6 heteroatoms. The minimum atomic E-state index is -0.419. The van der Waals surface area contributed by atoms with Gasteiger partial charge in [0.25, 0.3) is 5.91 Å². The summed E-state index contributed by atoms with van der Waals surface area (Å²) in [6.45, 7) is 15.7. The van der Waals surface area contributed by atoms with E-state index in [2.05, 4.69) is 0 Å². The van der Waals surface area contributed by atoms with Crippen molar-refractivity contribution in [3.63, 3.8) is 0 Å². The Balaban J connectivity index is 3.13. The van der Waals surface area contributed by atoms with Crippen molar-refractivity contribution in [1.29, 1.82) is 0 Å². The summed E-state index contributed by atoms with van der Waals surface area (Å²) < 4.78 is 17.0. The third-order valence-corrected chi connectivity index (χ3v) is 3.87. The van der Waals surface area contributed by atoms with Gasteiger partial charge in [0, 0.05) is 17.7 Å². The van der Waals surface area contributed by atoms with Crippen molar-refractivity contribution >= 4 is 11.9 Å². The number of carbonyl (C=O) groups is 2. The van der Waals surface area contributed by atoms with E-state index in [1.54, 1.807) is 18.2 Å². The summed E-state index contributed by atoms with van der Waals surface area (Å²) in [5, 5.41) is 0. The number of hydrogen-bond acceptors (Lipinski definition) is 5. The van der Waals surface area contributed by atoms with Gasteiger partial charge >= 0.3 is 5.97 Å². The van der Waals surface area contributed by atoms with Gasteiger partial charge in [0.05, 0.1) is 12.7 Å². The molecule has 29 heavy (non-hydrogen) atoms. The molecule has 1 amide bonds. The SMILES string of the molecule is CCCCOC(=O)CN(C(=O)c1cc(OC(C)C)cc(OC(C)(C)C)c1)C(C)C. The summed E-state index contributed by atoms with van der Waals surface area (Å²) in [5.41, 5.74) is -0.00474. The van der Waals surface area contributed by atoms with Crippen LogP contribution in [-0.2, 0) is 9.53 Å². The zero-order valence-electron chi connectivity index (χ0n) is 19.2. The molecule has 0 fully saturated rings. The Kier molecular flexibility index (Phi) is 9.47. The molecule has 0 bridgehead atoms. The van der Waals surface area contributed by atoms with E-state index < -0.39 is 11.6 Å². The van der Waals surface area contributed by atoms with Crippen LogP contribution >= 0.6 is 0 Å². The second-order valence-electron chi connectivity index (χ2n) is 8.67. The van der Waals surface area contributed by atoms with Gasteiger partial charge in [-0.3, -0.25) is 9.59 Å². The summed E-state index contributed by atoms with van der Waals surface area (Å²) in [6.07, 6.45) is 1.71. The van der Waals surface area contributed by atoms with Crippen molar-refractivity contribution in [1.82, 2.24) is 4.90 Å². The van der Waals surface area contributed by atoms with Crippen molar-refractivity contribution in [3.8, 4) is 11.5 Å². The number of rotatable bonds is 10. The Morgan fingerprint density at radius 2 is 1.66 bits per heavy atom. The molecule has 0 atom stereocenters. The minimum absolute atomic E-state index is 0.0439. The minimum Gasteiger partial charge on any atom is -0.491 e. The highest BCUT2D eigenvalue weighted by Gasteiger charge is 2.24. The van der Waals surface area contributed by atoms with Crippen LogP contribution in [-0.4, -0.2) is 47.7 Å². The fourth-order valence-electron chi connectivity index (χ4n) is 2.62. The zero-order chi connectivity index (χ0) is 22.2. The lowest BCUT2D eigenvalue weighted by atomic mass is 10.1. The molecule has 6 nitrogen and oxygen atoms in total. The maximum atomic E-state index is 13.2. The summed E-state index contributed by atoms with van der Waals surface area (Å²) in [6, 6.07) is 5.00. The zero-order valence-corrected chi connectivity index (χ0v) is 19.2. The van der Waals surface area contributed by atoms with Crippen molar-refractivity contribution in [2.24, 2.45) is 0 Å². The summed E-state index contributed by atoms with van der Waals surface area (Å²) >= 11 is 0. The first-order valence-corrected chi connectivity index (χ1v) is 10.4. The first-order chi connectivity index (χ1) is 13.4. The van der Waals surface area contributed by atoms with Gasteiger partial charge in [-0.2, -0.15) is 0 Å². The molecule has 0 aliphatic rings. The van der Waals surface area contributed by atoms with E-state index in [9.17, 15) is 9.59 Å². The molecule has 0 saturated heterocycles. The van der Waals surface area contributed by atoms with Crippen LogP contribution < -0.4 is 9.47 Å². The molecule has 1 rings (SSSR count). The molecule has 0 aromatic heterocycles. The van der Waals surface area contributed by atoms with Crippen LogP contribution in [0.1, 0.15) is 78.6 Å². The molecular formula is C23H37NO5. The lowest BCUT2D eigenvalue weighted by Gasteiger charge is -2.27. The van der Waals surface area contributed by atoms with Gasteiger partial charge in [0.15, 0.2) is 0 Å². The molecule has 0 unspecified atom stereocenters. The molecule has 164 valence electrons. The van der Waals surface area contributed by atoms with E-state index in [0.29, 0.717) is 23.7 Å². The predicted octanol–water partition coefficient (Wildman–Crippen LogP) is 4.85. The Morgan fingerprint density at radius 3 is 2.17 bits per heavy atom. The molecule has 0 spiro atoms. The van der Waals surface area contributed by atoms with E-state index >= 15 is 0 Å². The Labute approximate surface area is 175 Å². The highest BCUT2D eigenvalue weighted by molar-refractivity contribution is 5.97. The van der Waals surface area contributed by atoms with E-state index in [4.69, 9.17) is 14.2 Å². The molecule has 1 aromatic carbocycles. The standard InChI is InChI=1S/C23H37NO5/c1-9-10-11-27-21(25)15-24(16(2)3)22(26)18-12-19(28-17(4)5)14-20(13-18)29-23(6,7)8/h12-14,16-17H,9-11,15H2,1-8H3. The van der Waals surface area contributed by atoms with Crippen molar-refractivity contribution < 1.29 is 23.8 Å². The van der Waals surface area contributed by atoms with Crippen LogP contribution in [0.4, 0.5) is 0 Å². The first-order valence-electron chi connectivity index (χ1n) is 10.4. The van der Waals surface area contributed by atoms with Crippen molar-refractivity contribution in [3.05, 3.63) is 23.8 Å². The van der Waals surface area contributed by atoms with Crippen LogP contribution in [0.2, 0.25) is 0 Å². The topological polar surface area (TPSA) is 65.1 Å². The van der Waals surface area contributed by atoms with Crippen LogP contribution in [0.3, 0.4) is 0 Å². The summed E-state index contributed by atoms with van der Waals surface area (Å²) in [4.78, 5) is 26.9. The second-order valence-corrected chi connectivity index (χ2v) is 8.67. The van der Waals surface area contributed by atoms with Crippen molar-refractivity contribution in [2.45, 2.75) is 86.0 Å². The molecule has 1 aromatic rings. The van der Waals surface area contributed by atoms with Crippen LogP contribution in [0, 0.1) is 0 Å². The number of unbranched alkanes of at least 4 members (excludes halogenated alkanes) is 1. The number of hydrogen-bond donors (Lipinski definition) is 0. The number of nitrogens with zero attached hydrogens (tertiary/aromatic N) is 1. The molecule has 0 aliphatic carbocycles. The van der Waals surface area contributed by atoms with Gasteiger partial charge in [0.1, 0.15) is 23.6 Å². The third-order valence-electron chi connectivity index (χ3n) is 3.87. The van der Waals surface area contributed by atoms with Crippen LogP contribution in [0.25, 0.3) is 0 Å². The second kappa shape index (κ2) is 11.1. The smallest absolute Gasteiger partial charge is 0.325 e. The summed E-state index contributed by atoms with van der Waals surface area (Å²) in [5.74, 6) is 0.439. The quantitative estimate of drug-likeness (QED) is 0.410. The maximum Gasteiger partial charge on any atom is 0.325 e. The lowest BCUT2D eigenvalue weighted by Crippen LogP contribution is -2.41. The number of amides is 1. The maximum absolute atomic E-state index is 13.2. The fraction of sp³-hybridized carbons (Fsp3) is 0.652.